The number of rotatable bonds is 8. The van der Waals surface area contributed by atoms with Gasteiger partial charge in [-0.25, -0.2) is 0 Å². The monoisotopic (exact) mass is 406 g/mol. The molecule has 0 atom stereocenters. The van der Waals surface area contributed by atoms with Gasteiger partial charge in [-0.2, -0.15) is 0 Å². The van der Waals surface area contributed by atoms with Crippen LogP contribution in [0.15, 0.2) is 66.7 Å². The van der Waals surface area contributed by atoms with E-state index in [1.165, 1.54) is 0 Å². The van der Waals surface area contributed by atoms with Gasteiger partial charge in [-0.15, -0.1) is 0 Å². The van der Waals surface area contributed by atoms with Gasteiger partial charge in [0.1, 0.15) is 5.75 Å². The Morgan fingerprint density at radius 2 is 1.53 bits per heavy atom. The number of carbonyl (C=O) groups is 3. The molecule has 0 fully saturated rings. The minimum Gasteiger partial charge on any atom is -0.497 e. The van der Waals surface area contributed by atoms with E-state index < -0.39 is 18.5 Å². The van der Waals surface area contributed by atoms with Gasteiger partial charge in [0.05, 0.1) is 13.5 Å². The van der Waals surface area contributed by atoms with Crippen LogP contribution in [0.1, 0.15) is 12.8 Å². The number of carbonyl (C=O) groups excluding carboxylic acids is 3. The molecule has 0 unspecified atom stereocenters. The molecule has 0 spiro atoms. The van der Waals surface area contributed by atoms with E-state index in [2.05, 4.69) is 10.6 Å². The SMILES string of the molecule is COc1ccc(NC(=O)COC(=O)CCC(=O)Nc2cccc3ccccc23)cc1. The van der Waals surface area contributed by atoms with Crippen LogP contribution in [0.25, 0.3) is 10.8 Å². The summed E-state index contributed by atoms with van der Waals surface area (Å²) >= 11 is 0. The Morgan fingerprint density at radius 1 is 0.800 bits per heavy atom. The molecule has 0 saturated heterocycles. The van der Waals surface area contributed by atoms with Gasteiger partial charge in [0, 0.05) is 23.2 Å². The van der Waals surface area contributed by atoms with Crippen LogP contribution in [-0.4, -0.2) is 31.5 Å². The molecule has 3 rings (SSSR count). The van der Waals surface area contributed by atoms with Gasteiger partial charge in [0.2, 0.25) is 5.91 Å². The zero-order chi connectivity index (χ0) is 21.3. The Hall–Kier alpha value is -3.87. The van der Waals surface area contributed by atoms with Gasteiger partial charge in [-0.1, -0.05) is 36.4 Å². The topological polar surface area (TPSA) is 93.7 Å². The predicted octanol–water partition coefficient (Wildman–Crippen LogP) is 3.75. The minimum absolute atomic E-state index is 0.0395. The number of hydrogen-bond acceptors (Lipinski definition) is 5. The lowest BCUT2D eigenvalue weighted by molar-refractivity contribution is -0.147. The molecule has 154 valence electrons. The molecular formula is C23H22N2O5. The fourth-order valence-electron chi connectivity index (χ4n) is 2.85. The third-order valence-corrected chi connectivity index (χ3v) is 4.36. The van der Waals surface area contributed by atoms with Crippen molar-refractivity contribution in [2.75, 3.05) is 24.4 Å². The smallest absolute Gasteiger partial charge is 0.306 e. The molecule has 2 amide bonds. The minimum atomic E-state index is -0.618. The van der Waals surface area contributed by atoms with Gasteiger partial charge in [-0.05, 0) is 35.7 Å². The highest BCUT2D eigenvalue weighted by Crippen LogP contribution is 2.23. The van der Waals surface area contributed by atoms with Crippen LogP contribution in [0.5, 0.6) is 5.75 Å². The van der Waals surface area contributed by atoms with Crippen molar-refractivity contribution in [1.29, 1.82) is 0 Å². The average Bonchev–Trinajstić information content (AvgIpc) is 2.77. The van der Waals surface area contributed by atoms with Crippen molar-refractivity contribution < 1.29 is 23.9 Å². The highest BCUT2D eigenvalue weighted by Gasteiger charge is 2.12. The number of hydrogen-bond donors (Lipinski definition) is 2. The lowest BCUT2D eigenvalue weighted by Gasteiger charge is -2.09. The quantitative estimate of drug-likeness (QED) is 0.556. The van der Waals surface area contributed by atoms with Crippen molar-refractivity contribution in [1.82, 2.24) is 0 Å². The summed E-state index contributed by atoms with van der Waals surface area (Å²) in [6, 6.07) is 20.1. The second-order valence-electron chi connectivity index (χ2n) is 6.51. The zero-order valence-corrected chi connectivity index (χ0v) is 16.5. The Kier molecular flexibility index (Phi) is 7.00. The molecule has 2 N–H and O–H groups in total. The molecule has 3 aromatic rings. The van der Waals surface area contributed by atoms with Crippen LogP contribution >= 0.6 is 0 Å². The number of esters is 1. The Bertz CT molecular complexity index is 1040. The first-order valence-electron chi connectivity index (χ1n) is 9.42. The molecule has 0 aliphatic carbocycles. The molecule has 0 bridgehead atoms. The van der Waals surface area contributed by atoms with Gasteiger partial charge < -0.3 is 20.1 Å². The summed E-state index contributed by atoms with van der Waals surface area (Å²) in [7, 11) is 1.55. The highest BCUT2D eigenvalue weighted by molar-refractivity contribution is 6.02. The number of anilines is 2. The van der Waals surface area contributed by atoms with E-state index in [1.54, 1.807) is 31.4 Å². The van der Waals surface area contributed by atoms with Crippen molar-refractivity contribution in [3.63, 3.8) is 0 Å². The Balaban J connectivity index is 1.41. The van der Waals surface area contributed by atoms with Crippen molar-refractivity contribution >= 4 is 39.9 Å². The van der Waals surface area contributed by atoms with E-state index in [1.807, 2.05) is 42.5 Å². The predicted molar refractivity (Wildman–Crippen MR) is 114 cm³/mol. The Labute approximate surface area is 174 Å². The fraction of sp³-hybridized carbons (Fsp3) is 0.174. The fourth-order valence-corrected chi connectivity index (χ4v) is 2.85. The van der Waals surface area contributed by atoms with E-state index in [0.717, 1.165) is 10.8 Å². The van der Waals surface area contributed by atoms with Crippen LogP contribution in [0, 0.1) is 0 Å². The maximum Gasteiger partial charge on any atom is 0.306 e. The number of amides is 2. The molecule has 0 saturated carbocycles. The van der Waals surface area contributed by atoms with Gasteiger partial charge >= 0.3 is 5.97 Å². The molecule has 0 aliphatic rings. The summed E-state index contributed by atoms with van der Waals surface area (Å²) in [5, 5.41) is 7.36. The standard InChI is InChI=1S/C23H22N2O5/c1-29-18-11-9-17(10-12-18)24-22(27)15-30-23(28)14-13-21(26)25-20-8-4-6-16-5-2-3-7-19(16)20/h2-12H,13-15H2,1H3,(H,24,27)(H,25,26). The van der Waals surface area contributed by atoms with Crippen molar-refractivity contribution in [3.05, 3.63) is 66.7 Å². The van der Waals surface area contributed by atoms with Crippen molar-refractivity contribution in [3.8, 4) is 5.75 Å². The van der Waals surface area contributed by atoms with Crippen LogP contribution in [0.4, 0.5) is 11.4 Å². The average molecular weight is 406 g/mol. The normalized spacial score (nSPS) is 10.3. The summed E-state index contributed by atoms with van der Waals surface area (Å²) < 4.78 is 9.98. The van der Waals surface area contributed by atoms with Crippen LogP contribution < -0.4 is 15.4 Å². The molecule has 7 heteroatoms. The Morgan fingerprint density at radius 3 is 2.30 bits per heavy atom. The third-order valence-electron chi connectivity index (χ3n) is 4.36. The maximum atomic E-state index is 12.2. The number of fused-ring (bicyclic) bond motifs is 1. The zero-order valence-electron chi connectivity index (χ0n) is 16.5. The number of nitrogens with one attached hydrogen (secondary N) is 2. The third kappa shape index (κ3) is 5.81. The molecular weight excluding hydrogens is 384 g/mol. The van der Waals surface area contributed by atoms with E-state index in [9.17, 15) is 14.4 Å². The molecule has 0 aromatic heterocycles. The number of benzene rings is 3. The molecule has 0 aliphatic heterocycles. The summed E-state index contributed by atoms with van der Waals surface area (Å²) in [5.41, 5.74) is 1.25. The number of ether oxygens (including phenoxy) is 2. The second-order valence-corrected chi connectivity index (χ2v) is 6.51. The lowest BCUT2D eigenvalue weighted by atomic mass is 10.1. The number of methoxy groups -OCH3 is 1. The first-order valence-corrected chi connectivity index (χ1v) is 9.42. The van der Waals surface area contributed by atoms with Gasteiger partial charge in [0.15, 0.2) is 6.61 Å². The summed E-state index contributed by atoms with van der Waals surface area (Å²) in [5.74, 6) is -0.714. The molecule has 7 nitrogen and oxygen atoms in total. The van der Waals surface area contributed by atoms with E-state index >= 15 is 0 Å². The van der Waals surface area contributed by atoms with E-state index in [0.29, 0.717) is 17.1 Å². The van der Waals surface area contributed by atoms with Gasteiger partial charge in [-0.3, -0.25) is 14.4 Å². The van der Waals surface area contributed by atoms with E-state index in [-0.39, 0.29) is 18.7 Å². The molecule has 0 heterocycles. The summed E-state index contributed by atoms with van der Waals surface area (Å²) in [4.78, 5) is 35.9. The van der Waals surface area contributed by atoms with Crippen LogP contribution in [-0.2, 0) is 19.1 Å². The largest absolute Gasteiger partial charge is 0.497 e. The maximum absolute atomic E-state index is 12.2. The van der Waals surface area contributed by atoms with Crippen LogP contribution in [0.3, 0.4) is 0 Å². The molecule has 30 heavy (non-hydrogen) atoms. The van der Waals surface area contributed by atoms with Crippen molar-refractivity contribution in [2.24, 2.45) is 0 Å². The first-order chi connectivity index (χ1) is 14.5. The molecule has 3 aromatic carbocycles. The second kappa shape index (κ2) is 10.1. The van der Waals surface area contributed by atoms with E-state index in [4.69, 9.17) is 9.47 Å². The molecule has 0 radical (unpaired) electrons. The summed E-state index contributed by atoms with van der Waals surface area (Å²) in [6.07, 6.45) is -0.158. The first kappa shape index (κ1) is 20.9. The summed E-state index contributed by atoms with van der Waals surface area (Å²) in [6.45, 7) is -0.421. The van der Waals surface area contributed by atoms with Gasteiger partial charge in [0.25, 0.3) is 5.91 Å². The van der Waals surface area contributed by atoms with Crippen LogP contribution in [0.2, 0.25) is 0 Å². The van der Waals surface area contributed by atoms with Crippen molar-refractivity contribution in [2.45, 2.75) is 12.8 Å². The highest BCUT2D eigenvalue weighted by atomic mass is 16.5. The lowest BCUT2D eigenvalue weighted by Crippen LogP contribution is -2.21.